The largest absolute Gasteiger partial charge is 0.281 e. The third-order valence-corrected chi connectivity index (χ3v) is 3.59. The summed E-state index contributed by atoms with van der Waals surface area (Å²) >= 11 is 5.70. The molecule has 2 heteroatoms. The normalized spacial score (nSPS) is 12.3. The minimum atomic E-state index is -0.227. The van der Waals surface area contributed by atoms with Crippen molar-refractivity contribution in [3.05, 3.63) is 35.9 Å². The lowest BCUT2D eigenvalue weighted by molar-refractivity contribution is -0.113. The van der Waals surface area contributed by atoms with Crippen LogP contribution >= 0.6 is 11.6 Å². The van der Waals surface area contributed by atoms with E-state index in [0.29, 0.717) is 0 Å². The van der Waals surface area contributed by atoms with E-state index in [1.54, 1.807) is 0 Å². The number of hydrogen-bond acceptors (Lipinski definition) is 1. The topological polar surface area (TPSA) is 17.1 Å². The molecule has 0 aromatic heterocycles. The molecule has 0 radical (unpaired) electrons. The summed E-state index contributed by atoms with van der Waals surface area (Å²) in [7, 11) is 0. The summed E-state index contributed by atoms with van der Waals surface area (Å²) in [5.41, 5.74) is 1.05. The molecule has 0 saturated heterocycles. The summed E-state index contributed by atoms with van der Waals surface area (Å²) in [4.78, 5) is 11.5. The molecule has 0 aliphatic carbocycles. The predicted octanol–water partition coefficient (Wildman–Crippen LogP) is 5.29. The van der Waals surface area contributed by atoms with Crippen LogP contribution in [0.15, 0.2) is 30.3 Å². The monoisotopic (exact) mass is 266 g/mol. The molecule has 1 aromatic carbocycles. The van der Waals surface area contributed by atoms with Gasteiger partial charge >= 0.3 is 0 Å². The molecule has 0 heterocycles. The van der Waals surface area contributed by atoms with Gasteiger partial charge in [-0.05, 0) is 23.6 Å². The third-order valence-electron chi connectivity index (χ3n) is 3.32. The Balaban J connectivity index is 2.34. The van der Waals surface area contributed by atoms with Crippen molar-refractivity contribution in [1.82, 2.24) is 0 Å². The van der Waals surface area contributed by atoms with Crippen molar-refractivity contribution in [3.63, 3.8) is 0 Å². The van der Waals surface area contributed by atoms with Crippen LogP contribution in [0.5, 0.6) is 0 Å². The van der Waals surface area contributed by atoms with E-state index in [9.17, 15) is 4.79 Å². The van der Waals surface area contributed by atoms with Crippen molar-refractivity contribution >= 4 is 16.8 Å². The number of carbonyl (C=O) groups excluding carboxylic acids is 1. The average molecular weight is 267 g/mol. The van der Waals surface area contributed by atoms with Gasteiger partial charge in [-0.1, -0.05) is 75.8 Å². The Morgan fingerprint density at radius 1 is 1.06 bits per heavy atom. The van der Waals surface area contributed by atoms with Crippen molar-refractivity contribution in [2.45, 2.75) is 57.8 Å². The van der Waals surface area contributed by atoms with Crippen molar-refractivity contribution in [1.29, 1.82) is 0 Å². The Labute approximate surface area is 116 Å². The molecule has 0 amide bonds. The summed E-state index contributed by atoms with van der Waals surface area (Å²) in [5, 5.41) is -0.227. The highest BCUT2D eigenvalue weighted by Gasteiger charge is 2.17. The zero-order valence-corrected chi connectivity index (χ0v) is 12.0. The molecule has 0 saturated carbocycles. The third kappa shape index (κ3) is 5.68. The summed E-state index contributed by atoms with van der Waals surface area (Å²) in [6.45, 7) is 2.22. The summed E-state index contributed by atoms with van der Waals surface area (Å²) in [5.74, 6) is -0.126. The van der Waals surface area contributed by atoms with Crippen molar-refractivity contribution < 1.29 is 4.79 Å². The van der Waals surface area contributed by atoms with Crippen LogP contribution in [0, 0.1) is 0 Å². The molecule has 1 unspecified atom stereocenters. The minimum absolute atomic E-state index is 0.126. The van der Waals surface area contributed by atoms with E-state index in [1.165, 1.54) is 32.1 Å². The van der Waals surface area contributed by atoms with Gasteiger partial charge in [0.25, 0.3) is 0 Å². The van der Waals surface area contributed by atoms with Gasteiger partial charge in [0.2, 0.25) is 5.24 Å². The fraction of sp³-hybridized carbons (Fsp3) is 0.562. The first-order valence-corrected chi connectivity index (χ1v) is 7.37. The van der Waals surface area contributed by atoms with Crippen LogP contribution in [0.3, 0.4) is 0 Å². The first kappa shape index (κ1) is 15.2. The first-order valence-electron chi connectivity index (χ1n) is 7.00. The molecule has 0 aliphatic heterocycles. The van der Waals surface area contributed by atoms with Crippen molar-refractivity contribution in [2.75, 3.05) is 0 Å². The SMILES string of the molecule is CCCCCCCCC(C(=O)Cl)c1ccccc1. The Bertz CT molecular complexity index is 334. The predicted molar refractivity (Wildman–Crippen MR) is 78.0 cm³/mol. The second-order valence-corrected chi connectivity index (χ2v) is 5.20. The number of carbonyl (C=O) groups is 1. The summed E-state index contributed by atoms with van der Waals surface area (Å²) in [6, 6.07) is 9.86. The molecule has 100 valence electrons. The van der Waals surface area contributed by atoms with E-state index < -0.39 is 0 Å². The molecular formula is C16H23ClO. The molecule has 18 heavy (non-hydrogen) atoms. The molecule has 1 aromatic rings. The highest BCUT2D eigenvalue weighted by atomic mass is 35.5. The lowest BCUT2D eigenvalue weighted by Gasteiger charge is -2.12. The summed E-state index contributed by atoms with van der Waals surface area (Å²) < 4.78 is 0. The fourth-order valence-corrected chi connectivity index (χ4v) is 2.46. The second kappa shape index (κ2) is 9.16. The Morgan fingerprint density at radius 2 is 1.67 bits per heavy atom. The smallest absolute Gasteiger partial charge is 0.229 e. The van der Waals surface area contributed by atoms with Gasteiger partial charge in [-0.3, -0.25) is 4.79 Å². The maximum atomic E-state index is 11.5. The van der Waals surface area contributed by atoms with Gasteiger partial charge in [-0.2, -0.15) is 0 Å². The van der Waals surface area contributed by atoms with Crippen LogP contribution in [0.2, 0.25) is 0 Å². The van der Waals surface area contributed by atoms with Crippen molar-refractivity contribution in [2.24, 2.45) is 0 Å². The lowest BCUT2D eigenvalue weighted by Crippen LogP contribution is -2.06. The van der Waals surface area contributed by atoms with Crippen LogP contribution in [0.4, 0.5) is 0 Å². The van der Waals surface area contributed by atoms with Crippen LogP contribution in [0.25, 0.3) is 0 Å². The van der Waals surface area contributed by atoms with Gasteiger partial charge in [0.15, 0.2) is 0 Å². The standard InChI is InChI=1S/C16H23ClO/c1-2-3-4-5-6-10-13-15(16(17)18)14-11-8-7-9-12-14/h7-9,11-12,15H,2-6,10,13H2,1H3. The van der Waals surface area contributed by atoms with Gasteiger partial charge < -0.3 is 0 Å². The van der Waals surface area contributed by atoms with Crippen LogP contribution in [0.1, 0.15) is 63.4 Å². The van der Waals surface area contributed by atoms with Crippen LogP contribution in [-0.2, 0) is 4.79 Å². The fourth-order valence-electron chi connectivity index (χ4n) is 2.23. The summed E-state index contributed by atoms with van der Waals surface area (Å²) in [6.07, 6.45) is 8.32. The molecule has 1 nitrogen and oxygen atoms in total. The molecule has 1 atom stereocenters. The average Bonchev–Trinajstić information content (AvgIpc) is 2.38. The van der Waals surface area contributed by atoms with E-state index in [2.05, 4.69) is 6.92 Å². The number of hydrogen-bond donors (Lipinski definition) is 0. The molecule has 0 fully saturated rings. The Kier molecular flexibility index (Phi) is 7.75. The second-order valence-electron chi connectivity index (χ2n) is 4.82. The van der Waals surface area contributed by atoms with E-state index in [-0.39, 0.29) is 11.2 Å². The maximum absolute atomic E-state index is 11.5. The van der Waals surface area contributed by atoms with E-state index in [4.69, 9.17) is 11.6 Å². The number of benzene rings is 1. The molecule has 0 aliphatic rings. The van der Waals surface area contributed by atoms with Gasteiger partial charge in [-0.15, -0.1) is 0 Å². The van der Waals surface area contributed by atoms with Gasteiger partial charge in [0, 0.05) is 0 Å². The van der Waals surface area contributed by atoms with E-state index in [0.717, 1.165) is 18.4 Å². The minimum Gasteiger partial charge on any atom is -0.281 e. The Morgan fingerprint density at radius 3 is 2.28 bits per heavy atom. The highest BCUT2D eigenvalue weighted by Crippen LogP contribution is 2.25. The maximum Gasteiger partial charge on any atom is 0.229 e. The molecule has 1 rings (SSSR count). The quantitative estimate of drug-likeness (QED) is 0.439. The van der Waals surface area contributed by atoms with Gasteiger partial charge in [0.05, 0.1) is 5.92 Å². The molecular weight excluding hydrogens is 244 g/mol. The molecule has 0 N–H and O–H groups in total. The van der Waals surface area contributed by atoms with E-state index in [1.807, 2.05) is 30.3 Å². The zero-order valence-electron chi connectivity index (χ0n) is 11.2. The highest BCUT2D eigenvalue weighted by molar-refractivity contribution is 6.64. The first-order chi connectivity index (χ1) is 8.75. The number of halogens is 1. The molecule has 0 spiro atoms. The molecule has 0 bridgehead atoms. The Hall–Kier alpha value is -0.820. The lowest BCUT2D eigenvalue weighted by atomic mass is 9.94. The van der Waals surface area contributed by atoms with Crippen LogP contribution in [-0.4, -0.2) is 5.24 Å². The van der Waals surface area contributed by atoms with Gasteiger partial charge in [0.1, 0.15) is 0 Å². The van der Waals surface area contributed by atoms with Crippen LogP contribution < -0.4 is 0 Å². The number of unbranched alkanes of at least 4 members (excludes halogenated alkanes) is 5. The van der Waals surface area contributed by atoms with E-state index >= 15 is 0 Å². The number of rotatable bonds is 9. The zero-order chi connectivity index (χ0) is 13.2. The van der Waals surface area contributed by atoms with Crippen molar-refractivity contribution in [3.8, 4) is 0 Å². The van der Waals surface area contributed by atoms with Gasteiger partial charge in [-0.25, -0.2) is 0 Å².